The SMILES string of the molecule is CCCCCCCCCCCCCCC(CCCCCCCCCCCCCC)(CCCCCCCC(=O)O)C(=O)O. The van der Waals surface area contributed by atoms with Crippen molar-refractivity contribution < 1.29 is 19.8 Å². The molecule has 0 aliphatic heterocycles. The maximum absolute atomic E-state index is 12.7. The van der Waals surface area contributed by atoms with E-state index in [1.807, 2.05) is 0 Å². The van der Waals surface area contributed by atoms with E-state index in [0.29, 0.717) is 0 Å². The Kier molecular flexibility index (Phi) is 30.6. The first-order valence-electron chi connectivity index (χ1n) is 18.9. The van der Waals surface area contributed by atoms with Gasteiger partial charge in [-0.3, -0.25) is 9.59 Å². The third kappa shape index (κ3) is 26.6. The molecule has 0 fully saturated rings. The fraction of sp³-hybridized carbons (Fsp3) is 0.947. The standard InChI is InChI=1S/C38H74O4/c1-3-5-7-9-11-13-15-17-19-21-25-29-33-38(37(41)42,35-31-27-23-24-28-32-36(39)40)34-30-26-22-20-18-16-14-12-10-8-6-4-2/h3-35H2,1-2H3,(H,39,40)(H,41,42). The van der Waals surface area contributed by atoms with Gasteiger partial charge in [-0.2, -0.15) is 0 Å². The second kappa shape index (κ2) is 31.4. The van der Waals surface area contributed by atoms with Gasteiger partial charge in [-0.1, -0.05) is 194 Å². The molecule has 0 bridgehead atoms. The molecule has 0 amide bonds. The lowest BCUT2D eigenvalue weighted by atomic mass is 9.74. The summed E-state index contributed by atoms with van der Waals surface area (Å²) in [6.45, 7) is 4.54. The van der Waals surface area contributed by atoms with Crippen LogP contribution in [0.4, 0.5) is 0 Å². The van der Waals surface area contributed by atoms with Gasteiger partial charge in [-0.15, -0.1) is 0 Å². The molecule has 4 nitrogen and oxygen atoms in total. The van der Waals surface area contributed by atoms with Gasteiger partial charge in [-0.25, -0.2) is 0 Å². The summed E-state index contributed by atoms with van der Waals surface area (Å²) < 4.78 is 0. The zero-order chi connectivity index (χ0) is 31.0. The molecule has 42 heavy (non-hydrogen) atoms. The first-order chi connectivity index (χ1) is 20.5. The van der Waals surface area contributed by atoms with E-state index in [-0.39, 0.29) is 6.42 Å². The van der Waals surface area contributed by atoms with Crippen molar-refractivity contribution in [3.05, 3.63) is 0 Å². The van der Waals surface area contributed by atoms with Gasteiger partial charge in [0.05, 0.1) is 5.41 Å². The van der Waals surface area contributed by atoms with E-state index in [1.165, 1.54) is 141 Å². The van der Waals surface area contributed by atoms with Gasteiger partial charge in [0.1, 0.15) is 0 Å². The summed E-state index contributed by atoms with van der Waals surface area (Å²) >= 11 is 0. The number of hydrogen-bond donors (Lipinski definition) is 2. The molecule has 0 saturated carbocycles. The molecule has 0 rings (SSSR count). The van der Waals surface area contributed by atoms with Crippen LogP contribution in [0.1, 0.15) is 226 Å². The number of hydrogen-bond acceptors (Lipinski definition) is 2. The van der Waals surface area contributed by atoms with Crippen molar-refractivity contribution in [1.82, 2.24) is 0 Å². The molecule has 0 atom stereocenters. The van der Waals surface area contributed by atoms with Crippen LogP contribution in [0.2, 0.25) is 0 Å². The summed E-state index contributed by atoms with van der Waals surface area (Å²) in [7, 11) is 0. The Labute approximate surface area is 262 Å². The summed E-state index contributed by atoms with van der Waals surface area (Å²) in [5.41, 5.74) is -0.557. The zero-order valence-corrected chi connectivity index (χ0v) is 28.5. The van der Waals surface area contributed by atoms with Crippen molar-refractivity contribution in [2.24, 2.45) is 5.41 Å². The van der Waals surface area contributed by atoms with Crippen molar-refractivity contribution in [3.8, 4) is 0 Å². The van der Waals surface area contributed by atoms with Crippen LogP contribution in [0.3, 0.4) is 0 Å². The van der Waals surface area contributed by atoms with Crippen LogP contribution >= 0.6 is 0 Å². The Balaban J connectivity index is 4.36. The van der Waals surface area contributed by atoms with E-state index in [9.17, 15) is 14.7 Å². The Bertz CT molecular complexity index is 560. The normalized spacial score (nSPS) is 11.8. The predicted molar refractivity (Wildman–Crippen MR) is 181 cm³/mol. The second-order valence-electron chi connectivity index (χ2n) is 13.5. The highest BCUT2D eigenvalue weighted by Crippen LogP contribution is 2.38. The first kappa shape index (κ1) is 40.9. The highest BCUT2D eigenvalue weighted by molar-refractivity contribution is 5.74. The van der Waals surface area contributed by atoms with Crippen LogP contribution in [-0.2, 0) is 9.59 Å². The number of aliphatic carboxylic acids is 2. The predicted octanol–water partition coefficient (Wildman–Crippen LogP) is 13.1. The molecule has 2 N–H and O–H groups in total. The summed E-state index contributed by atoms with van der Waals surface area (Å²) in [5, 5.41) is 19.3. The Morgan fingerprint density at radius 2 is 0.619 bits per heavy atom. The second-order valence-corrected chi connectivity index (χ2v) is 13.5. The van der Waals surface area contributed by atoms with Crippen LogP contribution < -0.4 is 0 Å². The largest absolute Gasteiger partial charge is 0.481 e. The van der Waals surface area contributed by atoms with Crippen LogP contribution in [0.5, 0.6) is 0 Å². The number of carboxylic acid groups (broad SMARTS) is 2. The minimum absolute atomic E-state index is 0.247. The average molecular weight is 595 g/mol. The average Bonchev–Trinajstić information content (AvgIpc) is 2.97. The molecular weight excluding hydrogens is 520 g/mol. The highest BCUT2D eigenvalue weighted by Gasteiger charge is 2.36. The van der Waals surface area contributed by atoms with E-state index in [4.69, 9.17) is 5.11 Å². The van der Waals surface area contributed by atoms with Gasteiger partial charge < -0.3 is 10.2 Å². The lowest BCUT2D eigenvalue weighted by molar-refractivity contribution is -0.151. The molecular formula is C38H74O4. The molecule has 0 spiro atoms. The van der Waals surface area contributed by atoms with Crippen LogP contribution in [0, 0.1) is 5.41 Å². The van der Waals surface area contributed by atoms with Gasteiger partial charge in [-0.05, 0) is 25.7 Å². The molecule has 250 valence electrons. The maximum atomic E-state index is 12.7. The van der Waals surface area contributed by atoms with Crippen molar-refractivity contribution in [1.29, 1.82) is 0 Å². The molecule has 4 heteroatoms. The number of carboxylic acids is 2. The Hall–Kier alpha value is -1.06. The first-order valence-corrected chi connectivity index (χ1v) is 18.9. The van der Waals surface area contributed by atoms with E-state index in [2.05, 4.69) is 13.8 Å². The minimum atomic E-state index is -0.718. The molecule has 0 saturated heterocycles. The van der Waals surface area contributed by atoms with Crippen molar-refractivity contribution in [3.63, 3.8) is 0 Å². The Morgan fingerprint density at radius 1 is 0.381 bits per heavy atom. The molecule has 0 unspecified atom stereocenters. The molecule has 0 aliphatic carbocycles. The summed E-state index contributed by atoms with van der Waals surface area (Å²) in [6.07, 6.45) is 38.7. The number of unbranched alkanes of at least 4 members (excludes halogenated alkanes) is 26. The van der Waals surface area contributed by atoms with Gasteiger partial charge in [0.15, 0.2) is 0 Å². The third-order valence-corrected chi connectivity index (χ3v) is 9.52. The van der Waals surface area contributed by atoms with Crippen molar-refractivity contribution >= 4 is 11.9 Å². The molecule has 0 heterocycles. The van der Waals surface area contributed by atoms with E-state index >= 15 is 0 Å². The molecule has 0 aromatic rings. The third-order valence-electron chi connectivity index (χ3n) is 9.52. The van der Waals surface area contributed by atoms with Crippen molar-refractivity contribution in [2.45, 2.75) is 226 Å². The van der Waals surface area contributed by atoms with E-state index in [1.54, 1.807) is 0 Å². The fourth-order valence-corrected chi connectivity index (χ4v) is 6.57. The van der Waals surface area contributed by atoms with Crippen LogP contribution in [0.15, 0.2) is 0 Å². The Morgan fingerprint density at radius 3 is 0.857 bits per heavy atom. The van der Waals surface area contributed by atoms with Gasteiger partial charge in [0.2, 0.25) is 0 Å². The smallest absolute Gasteiger partial charge is 0.309 e. The van der Waals surface area contributed by atoms with Gasteiger partial charge in [0.25, 0.3) is 0 Å². The number of rotatable bonds is 35. The molecule has 0 aliphatic rings. The topological polar surface area (TPSA) is 74.6 Å². The lowest BCUT2D eigenvalue weighted by Crippen LogP contribution is -2.31. The molecule has 0 aromatic heterocycles. The monoisotopic (exact) mass is 595 g/mol. The van der Waals surface area contributed by atoms with E-state index in [0.717, 1.165) is 64.2 Å². The summed E-state index contributed by atoms with van der Waals surface area (Å²) in [6, 6.07) is 0. The van der Waals surface area contributed by atoms with Crippen LogP contribution in [0.25, 0.3) is 0 Å². The van der Waals surface area contributed by atoms with E-state index < -0.39 is 17.4 Å². The number of carbonyl (C=O) groups is 2. The molecule has 0 aromatic carbocycles. The summed E-state index contributed by atoms with van der Waals surface area (Å²) in [5.74, 6) is -1.29. The molecule has 0 radical (unpaired) electrons. The minimum Gasteiger partial charge on any atom is -0.481 e. The van der Waals surface area contributed by atoms with Crippen molar-refractivity contribution in [2.75, 3.05) is 0 Å². The van der Waals surface area contributed by atoms with Gasteiger partial charge in [0, 0.05) is 6.42 Å². The van der Waals surface area contributed by atoms with Crippen LogP contribution in [-0.4, -0.2) is 22.2 Å². The zero-order valence-electron chi connectivity index (χ0n) is 28.5. The summed E-state index contributed by atoms with van der Waals surface area (Å²) in [4.78, 5) is 23.4. The quantitative estimate of drug-likeness (QED) is 0.0716. The van der Waals surface area contributed by atoms with Gasteiger partial charge >= 0.3 is 11.9 Å². The maximum Gasteiger partial charge on any atom is 0.309 e. The highest BCUT2D eigenvalue weighted by atomic mass is 16.4. The fourth-order valence-electron chi connectivity index (χ4n) is 6.57. The lowest BCUT2D eigenvalue weighted by Gasteiger charge is -2.30.